The van der Waals surface area contributed by atoms with Crippen molar-refractivity contribution in [3.05, 3.63) is 5.82 Å². The SMILES string of the molecule is CC(C)(C)C1CCCCC1NCc1nn[nH]n1. The molecule has 5 heteroatoms. The van der Waals surface area contributed by atoms with Gasteiger partial charge < -0.3 is 5.32 Å². The Morgan fingerprint density at radius 2 is 2.06 bits per heavy atom. The third kappa shape index (κ3) is 3.25. The van der Waals surface area contributed by atoms with Crippen molar-refractivity contribution < 1.29 is 0 Å². The van der Waals surface area contributed by atoms with Crippen LogP contribution in [0, 0.1) is 11.3 Å². The van der Waals surface area contributed by atoms with E-state index >= 15 is 0 Å². The topological polar surface area (TPSA) is 66.5 Å². The van der Waals surface area contributed by atoms with Crippen LogP contribution >= 0.6 is 0 Å². The highest BCUT2D eigenvalue weighted by molar-refractivity contribution is 4.89. The molecule has 1 aromatic heterocycles. The lowest BCUT2D eigenvalue weighted by Gasteiger charge is -2.40. The van der Waals surface area contributed by atoms with Crippen LogP contribution in [0.4, 0.5) is 0 Å². The van der Waals surface area contributed by atoms with Gasteiger partial charge in [-0.15, -0.1) is 10.2 Å². The summed E-state index contributed by atoms with van der Waals surface area (Å²) in [7, 11) is 0. The molecule has 0 bridgehead atoms. The molecule has 1 saturated carbocycles. The van der Waals surface area contributed by atoms with Crippen molar-refractivity contribution in [2.75, 3.05) is 0 Å². The van der Waals surface area contributed by atoms with Crippen molar-refractivity contribution in [2.24, 2.45) is 11.3 Å². The molecular formula is C12H23N5. The molecule has 1 aromatic rings. The Morgan fingerprint density at radius 3 is 2.71 bits per heavy atom. The van der Waals surface area contributed by atoms with Gasteiger partial charge in [0.15, 0.2) is 5.82 Å². The van der Waals surface area contributed by atoms with Crippen molar-refractivity contribution in [2.45, 2.75) is 59.0 Å². The first-order valence-corrected chi connectivity index (χ1v) is 6.53. The second-order valence-corrected chi connectivity index (χ2v) is 6.07. The molecule has 1 fully saturated rings. The number of hydrogen-bond donors (Lipinski definition) is 2. The predicted octanol–water partition coefficient (Wildman–Crippen LogP) is 1.89. The van der Waals surface area contributed by atoms with E-state index in [9.17, 15) is 0 Å². The number of rotatable bonds is 3. The monoisotopic (exact) mass is 237 g/mol. The van der Waals surface area contributed by atoms with Crippen LogP contribution < -0.4 is 5.32 Å². The molecule has 0 saturated heterocycles. The molecule has 1 aliphatic rings. The smallest absolute Gasteiger partial charge is 0.188 e. The number of tetrazole rings is 1. The Bertz CT molecular complexity index is 327. The molecule has 0 radical (unpaired) electrons. The average molecular weight is 237 g/mol. The van der Waals surface area contributed by atoms with Gasteiger partial charge in [0, 0.05) is 6.04 Å². The van der Waals surface area contributed by atoms with Gasteiger partial charge in [0.2, 0.25) is 0 Å². The van der Waals surface area contributed by atoms with Crippen LogP contribution in [0.25, 0.3) is 0 Å². The molecule has 1 heterocycles. The Kier molecular flexibility index (Phi) is 3.76. The first kappa shape index (κ1) is 12.5. The fourth-order valence-electron chi connectivity index (χ4n) is 2.89. The summed E-state index contributed by atoms with van der Waals surface area (Å²) in [5.74, 6) is 1.49. The zero-order valence-corrected chi connectivity index (χ0v) is 11.0. The molecule has 2 unspecified atom stereocenters. The van der Waals surface area contributed by atoms with E-state index in [1.165, 1.54) is 25.7 Å². The minimum absolute atomic E-state index is 0.370. The van der Waals surface area contributed by atoms with Crippen LogP contribution in [0.5, 0.6) is 0 Å². The van der Waals surface area contributed by atoms with E-state index in [2.05, 4.69) is 46.7 Å². The van der Waals surface area contributed by atoms with E-state index in [0.717, 1.165) is 11.7 Å². The maximum atomic E-state index is 3.98. The van der Waals surface area contributed by atoms with Crippen LogP contribution in [0.3, 0.4) is 0 Å². The standard InChI is InChI=1S/C12H23N5/c1-12(2,3)9-6-4-5-7-10(9)13-8-11-14-16-17-15-11/h9-10,13H,4-8H2,1-3H3,(H,14,15,16,17). The van der Waals surface area contributed by atoms with Gasteiger partial charge in [0.25, 0.3) is 0 Å². The Hall–Kier alpha value is -0.970. The van der Waals surface area contributed by atoms with Gasteiger partial charge in [-0.25, -0.2) is 0 Å². The van der Waals surface area contributed by atoms with Crippen LogP contribution in [-0.4, -0.2) is 26.7 Å². The highest BCUT2D eigenvalue weighted by Gasteiger charge is 2.33. The molecule has 0 aliphatic heterocycles. The fraction of sp³-hybridized carbons (Fsp3) is 0.917. The fourth-order valence-corrected chi connectivity index (χ4v) is 2.89. The maximum Gasteiger partial charge on any atom is 0.188 e. The summed E-state index contributed by atoms with van der Waals surface area (Å²) in [4.78, 5) is 0. The second kappa shape index (κ2) is 5.12. The van der Waals surface area contributed by atoms with Gasteiger partial charge in [-0.3, -0.25) is 0 Å². The van der Waals surface area contributed by atoms with Crippen molar-refractivity contribution in [1.29, 1.82) is 0 Å². The lowest BCUT2D eigenvalue weighted by Crippen LogP contribution is -2.44. The zero-order valence-electron chi connectivity index (χ0n) is 11.0. The molecule has 5 nitrogen and oxygen atoms in total. The van der Waals surface area contributed by atoms with E-state index in [0.29, 0.717) is 18.0 Å². The van der Waals surface area contributed by atoms with E-state index in [4.69, 9.17) is 0 Å². The highest BCUT2D eigenvalue weighted by Crippen LogP contribution is 2.37. The molecule has 0 aromatic carbocycles. The van der Waals surface area contributed by atoms with E-state index in [-0.39, 0.29) is 0 Å². The average Bonchev–Trinajstić information content (AvgIpc) is 2.78. The molecule has 1 aliphatic carbocycles. The molecule has 0 amide bonds. The van der Waals surface area contributed by atoms with Gasteiger partial charge in [-0.1, -0.05) is 38.8 Å². The summed E-state index contributed by atoms with van der Waals surface area (Å²) >= 11 is 0. The van der Waals surface area contributed by atoms with Gasteiger partial charge in [0.1, 0.15) is 0 Å². The highest BCUT2D eigenvalue weighted by atomic mass is 15.5. The van der Waals surface area contributed by atoms with E-state index < -0.39 is 0 Å². The Labute approximate surface area is 103 Å². The van der Waals surface area contributed by atoms with E-state index in [1.807, 2.05) is 0 Å². The minimum Gasteiger partial charge on any atom is -0.307 e. The summed E-state index contributed by atoms with van der Waals surface area (Å²) < 4.78 is 0. The van der Waals surface area contributed by atoms with Crippen molar-refractivity contribution in [3.8, 4) is 0 Å². The number of H-pyrrole nitrogens is 1. The molecule has 2 atom stereocenters. The number of aromatic nitrogens is 4. The van der Waals surface area contributed by atoms with Crippen LogP contribution in [-0.2, 0) is 6.54 Å². The van der Waals surface area contributed by atoms with Gasteiger partial charge >= 0.3 is 0 Å². The molecule has 2 N–H and O–H groups in total. The summed E-state index contributed by atoms with van der Waals surface area (Å²) in [5, 5.41) is 17.6. The van der Waals surface area contributed by atoms with Crippen molar-refractivity contribution in [3.63, 3.8) is 0 Å². The molecular weight excluding hydrogens is 214 g/mol. The first-order chi connectivity index (χ1) is 8.07. The third-order valence-corrected chi connectivity index (χ3v) is 3.79. The lowest BCUT2D eigenvalue weighted by molar-refractivity contribution is 0.129. The molecule has 17 heavy (non-hydrogen) atoms. The zero-order chi connectivity index (χ0) is 12.3. The van der Waals surface area contributed by atoms with Crippen molar-refractivity contribution >= 4 is 0 Å². The Morgan fingerprint density at radius 1 is 1.29 bits per heavy atom. The summed E-state index contributed by atoms with van der Waals surface area (Å²) in [6.07, 6.45) is 5.28. The van der Waals surface area contributed by atoms with Gasteiger partial charge in [-0.05, 0) is 24.2 Å². The summed E-state index contributed by atoms with van der Waals surface area (Å²) in [6.45, 7) is 7.73. The number of nitrogens with zero attached hydrogens (tertiary/aromatic N) is 3. The minimum atomic E-state index is 0.370. The summed E-state index contributed by atoms with van der Waals surface area (Å²) in [5.41, 5.74) is 0.370. The third-order valence-electron chi connectivity index (χ3n) is 3.79. The summed E-state index contributed by atoms with van der Waals surface area (Å²) in [6, 6.07) is 0.585. The molecule has 0 spiro atoms. The molecule has 96 valence electrons. The second-order valence-electron chi connectivity index (χ2n) is 6.07. The number of aromatic amines is 1. The van der Waals surface area contributed by atoms with Crippen LogP contribution in [0.1, 0.15) is 52.3 Å². The van der Waals surface area contributed by atoms with Crippen LogP contribution in [0.15, 0.2) is 0 Å². The quantitative estimate of drug-likeness (QED) is 0.842. The maximum absolute atomic E-state index is 3.98. The lowest BCUT2D eigenvalue weighted by atomic mass is 9.69. The number of hydrogen-bond acceptors (Lipinski definition) is 4. The van der Waals surface area contributed by atoms with Crippen molar-refractivity contribution in [1.82, 2.24) is 25.9 Å². The predicted molar refractivity (Wildman–Crippen MR) is 66.2 cm³/mol. The first-order valence-electron chi connectivity index (χ1n) is 6.53. The number of nitrogens with one attached hydrogen (secondary N) is 2. The molecule has 2 rings (SSSR count). The largest absolute Gasteiger partial charge is 0.307 e. The van der Waals surface area contributed by atoms with Crippen LogP contribution in [0.2, 0.25) is 0 Å². The van der Waals surface area contributed by atoms with Gasteiger partial charge in [0.05, 0.1) is 6.54 Å². The Balaban J connectivity index is 1.92. The van der Waals surface area contributed by atoms with E-state index in [1.54, 1.807) is 0 Å². The normalized spacial score (nSPS) is 26.1. The van der Waals surface area contributed by atoms with Gasteiger partial charge in [-0.2, -0.15) is 5.21 Å².